The van der Waals surface area contributed by atoms with Crippen molar-refractivity contribution in [3.8, 4) is 11.4 Å². The lowest BCUT2D eigenvalue weighted by atomic mass is 10.2. The standard InChI is InChI=1S/C13H11ClN4O/c1-19-8-12-16-9(7-11(14)17-12)10-3-2-4-13-15-5-6-18(10)13/h2-7H,8H2,1H3. The van der Waals surface area contributed by atoms with Gasteiger partial charge in [-0.05, 0) is 12.1 Å². The number of pyridine rings is 1. The van der Waals surface area contributed by atoms with Crippen LogP contribution in [-0.4, -0.2) is 26.5 Å². The number of imidazole rings is 1. The highest BCUT2D eigenvalue weighted by atomic mass is 35.5. The highest BCUT2D eigenvalue weighted by Gasteiger charge is 2.08. The molecule has 0 saturated carbocycles. The van der Waals surface area contributed by atoms with Gasteiger partial charge in [-0.15, -0.1) is 0 Å². The highest BCUT2D eigenvalue weighted by Crippen LogP contribution is 2.21. The molecule has 0 aliphatic rings. The molecule has 0 aromatic carbocycles. The van der Waals surface area contributed by atoms with Crippen molar-refractivity contribution >= 4 is 17.2 Å². The number of fused-ring (bicyclic) bond motifs is 1. The van der Waals surface area contributed by atoms with Crippen LogP contribution >= 0.6 is 11.6 Å². The van der Waals surface area contributed by atoms with Crippen molar-refractivity contribution < 1.29 is 4.74 Å². The van der Waals surface area contributed by atoms with Crippen molar-refractivity contribution in [3.05, 3.63) is 47.6 Å². The first-order chi connectivity index (χ1) is 9.28. The monoisotopic (exact) mass is 274 g/mol. The van der Waals surface area contributed by atoms with Gasteiger partial charge in [-0.2, -0.15) is 0 Å². The summed E-state index contributed by atoms with van der Waals surface area (Å²) in [6.45, 7) is 0.327. The normalized spacial score (nSPS) is 11.1. The number of aromatic nitrogens is 4. The van der Waals surface area contributed by atoms with E-state index in [0.29, 0.717) is 17.6 Å². The van der Waals surface area contributed by atoms with E-state index in [1.807, 2.05) is 28.8 Å². The Kier molecular flexibility index (Phi) is 3.15. The van der Waals surface area contributed by atoms with E-state index in [-0.39, 0.29) is 0 Å². The Hall–Kier alpha value is -1.98. The van der Waals surface area contributed by atoms with E-state index in [0.717, 1.165) is 17.0 Å². The van der Waals surface area contributed by atoms with Crippen LogP contribution in [0.4, 0.5) is 0 Å². The third kappa shape index (κ3) is 2.30. The topological polar surface area (TPSA) is 52.3 Å². The fourth-order valence-electron chi connectivity index (χ4n) is 1.95. The van der Waals surface area contributed by atoms with Gasteiger partial charge in [0.25, 0.3) is 0 Å². The molecular formula is C13H11ClN4O. The molecule has 6 heteroatoms. The van der Waals surface area contributed by atoms with E-state index in [2.05, 4.69) is 15.0 Å². The van der Waals surface area contributed by atoms with Crippen LogP contribution < -0.4 is 0 Å². The van der Waals surface area contributed by atoms with Gasteiger partial charge in [-0.1, -0.05) is 17.7 Å². The highest BCUT2D eigenvalue weighted by molar-refractivity contribution is 6.29. The number of rotatable bonds is 3. The molecule has 0 fully saturated rings. The van der Waals surface area contributed by atoms with Gasteiger partial charge in [0.15, 0.2) is 5.82 Å². The minimum atomic E-state index is 0.327. The summed E-state index contributed by atoms with van der Waals surface area (Å²) >= 11 is 6.03. The molecule has 5 nitrogen and oxygen atoms in total. The van der Waals surface area contributed by atoms with Crippen molar-refractivity contribution in [2.45, 2.75) is 6.61 Å². The Morgan fingerprint density at radius 1 is 1.32 bits per heavy atom. The van der Waals surface area contributed by atoms with Gasteiger partial charge in [0.05, 0.1) is 11.4 Å². The average molecular weight is 275 g/mol. The zero-order chi connectivity index (χ0) is 13.2. The largest absolute Gasteiger partial charge is 0.377 e. The Bertz CT molecular complexity index is 725. The molecule has 19 heavy (non-hydrogen) atoms. The van der Waals surface area contributed by atoms with Crippen LogP contribution in [0, 0.1) is 0 Å². The molecule has 0 radical (unpaired) electrons. The number of halogens is 1. The van der Waals surface area contributed by atoms with Crippen LogP contribution in [0.1, 0.15) is 5.82 Å². The maximum absolute atomic E-state index is 6.03. The van der Waals surface area contributed by atoms with Gasteiger partial charge >= 0.3 is 0 Å². The van der Waals surface area contributed by atoms with Gasteiger partial charge in [0.1, 0.15) is 17.4 Å². The van der Waals surface area contributed by atoms with Crippen molar-refractivity contribution in [1.82, 2.24) is 19.4 Å². The van der Waals surface area contributed by atoms with E-state index in [1.165, 1.54) is 0 Å². The second kappa shape index (κ2) is 4.95. The lowest BCUT2D eigenvalue weighted by molar-refractivity contribution is 0.178. The van der Waals surface area contributed by atoms with Crippen molar-refractivity contribution in [1.29, 1.82) is 0 Å². The van der Waals surface area contributed by atoms with Gasteiger partial charge in [0, 0.05) is 25.6 Å². The Balaban J connectivity index is 2.18. The van der Waals surface area contributed by atoms with E-state index in [4.69, 9.17) is 16.3 Å². The van der Waals surface area contributed by atoms with E-state index in [1.54, 1.807) is 19.4 Å². The molecule has 3 rings (SSSR count). The van der Waals surface area contributed by atoms with Gasteiger partial charge in [-0.3, -0.25) is 4.40 Å². The van der Waals surface area contributed by atoms with Crippen molar-refractivity contribution in [2.24, 2.45) is 0 Å². The number of hydrogen-bond acceptors (Lipinski definition) is 4. The third-order valence-electron chi connectivity index (χ3n) is 2.71. The number of nitrogens with zero attached hydrogens (tertiary/aromatic N) is 4. The predicted octanol–water partition coefficient (Wildman–Crippen LogP) is 2.59. The first-order valence-corrected chi connectivity index (χ1v) is 6.10. The van der Waals surface area contributed by atoms with Gasteiger partial charge in [0.2, 0.25) is 0 Å². The lowest BCUT2D eigenvalue weighted by Crippen LogP contribution is -2.01. The molecular weight excluding hydrogens is 264 g/mol. The summed E-state index contributed by atoms with van der Waals surface area (Å²) in [6.07, 6.45) is 3.63. The van der Waals surface area contributed by atoms with Crippen LogP contribution in [0.2, 0.25) is 5.15 Å². The fraction of sp³-hybridized carbons (Fsp3) is 0.154. The van der Waals surface area contributed by atoms with Crippen LogP contribution in [0.3, 0.4) is 0 Å². The molecule has 3 heterocycles. The number of methoxy groups -OCH3 is 1. The molecule has 0 aliphatic heterocycles. The maximum Gasteiger partial charge on any atom is 0.156 e. The lowest BCUT2D eigenvalue weighted by Gasteiger charge is -2.07. The average Bonchev–Trinajstić information content (AvgIpc) is 2.86. The zero-order valence-corrected chi connectivity index (χ0v) is 11.0. The third-order valence-corrected chi connectivity index (χ3v) is 2.90. The molecule has 0 aliphatic carbocycles. The number of ether oxygens (including phenoxy) is 1. The molecule has 0 unspecified atom stereocenters. The second-order valence-electron chi connectivity index (χ2n) is 3.99. The summed E-state index contributed by atoms with van der Waals surface area (Å²) in [5, 5.41) is 0.397. The first kappa shape index (κ1) is 12.1. The molecule has 96 valence electrons. The summed E-state index contributed by atoms with van der Waals surface area (Å²) in [6, 6.07) is 7.56. The fourth-order valence-corrected chi connectivity index (χ4v) is 2.15. The molecule has 3 aromatic rings. The minimum Gasteiger partial charge on any atom is -0.377 e. The molecule has 0 spiro atoms. The van der Waals surface area contributed by atoms with Gasteiger partial charge < -0.3 is 4.74 Å². The van der Waals surface area contributed by atoms with Crippen LogP contribution in [0.25, 0.3) is 17.0 Å². The Morgan fingerprint density at radius 3 is 3.05 bits per heavy atom. The predicted molar refractivity (Wildman–Crippen MR) is 71.9 cm³/mol. The first-order valence-electron chi connectivity index (χ1n) is 5.73. The van der Waals surface area contributed by atoms with Crippen LogP contribution in [0.15, 0.2) is 36.7 Å². The molecule has 3 aromatic heterocycles. The summed E-state index contributed by atoms with van der Waals surface area (Å²) in [7, 11) is 1.60. The summed E-state index contributed by atoms with van der Waals surface area (Å²) in [4.78, 5) is 12.8. The molecule has 0 bridgehead atoms. The molecule has 0 amide bonds. The SMILES string of the molecule is COCc1nc(Cl)cc(-c2cccc3nccn23)n1. The minimum absolute atomic E-state index is 0.327. The summed E-state index contributed by atoms with van der Waals surface area (Å²) < 4.78 is 7.00. The molecule has 0 atom stereocenters. The second-order valence-corrected chi connectivity index (χ2v) is 4.38. The molecule has 0 saturated heterocycles. The summed E-state index contributed by atoms with van der Waals surface area (Å²) in [5.74, 6) is 0.558. The molecule has 0 N–H and O–H groups in total. The quantitative estimate of drug-likeness (QED) is 0.689. The van der Waals surface area contributed by atoms with Crippen LogP contribution in [0.5, 0.6) is 0 Å². The van der Waals surface area contributed by atoms with Crippen molar-refractivity contribution in [2.75, 3.05) is 7.11 Å². The maximum atomic E-state index is 6.03. The smallest absolute Gasteiger partial charge is 0.156 e. The van der Waals surface area contributed by atoms with E-state index >= 15 is 0 Å². The zero-order valence-electron chi connectivity index (χ0n) is 10.2. The van der Waals surface area contributed by atoms with E-state index in [9.17, 15) is 0 Å². The Morgan fingerprint density at radius 2 is 2.21 bits per heavy atom. The Labute approximate surface area is 114 Å². The number of hydrogen-bond donors (Lipinski definition) is 0. The van der Waals surface area contributed by atoms with Crippen molar-refractivity contribution in [3.63, 3.8) is 0 Å². The summed E-state index contributed by atoms with van der Waals surface area (Å²) in [5.41, 5.74) is 2.52. The van der Waals surface area contributed by atoms with E-state index < -0.39 is 0 Å². The van der Waals surface area contributed by atoms with Crippen LogP contribution in [-0.2, 0) is 11.3 Å². The van der Waals surface area contributed by atoms with Gasteiger partial charge in [-0.25, -0.2) is 15.0 Å².